The van der Waals surface area contributed by atoms with Crippen LogP contribution in [0, 0.1) is 6.92 Å². The Hall–Kier alpha value is -2.99. The predicted molar refractivity (Wildman–Crippen MR) is 135 cm³/mol. The maximum absolute atomic E-state index is 13.4. The molecule has 7 heteroatoms. The quantitative estimate of drug-likeness (QED) is 0.317. The molecule has 4 rings (SSSR count). The molecule has 0 spiro atoms. The Morgan fingerprint density at radius 3 is 2.71 bits per heavy atom. The summed E-state index contributed by atoms with van der Waals surface area (Å²) in [5, 5.41) is 18.6. The number of carbonyl (C=O) groups is 1. The van der Waals surface area contributed by atoms with Gasteiger partial charge in [-0.05, 0) is 55.2 Å². The number of H-pyrrole nitrogens is 1. The first-order valence-corrected chi connectivity index (χ1v) is 12.5. The normalized spacial score (nSPS) is 15.1. The summed E-state index contributed by atoms with van der Waals surface area (Å²) in [7, 11) is 0. The van der Waals surface area contributed by atoms with Crippen LogP contribution >= 0.6 is 11.6 Å². The molecule has 0 bridgehead atoms. The van der Waals surface area contributed by atoms with Crippen LogP contribution in [0.25, 0.3) is 11.3 Å². The van der Waals surface area contributed by atoms with Crippen molar-refractivity contribution < 1.29 is 14.6 Å². The van der Waals surface area contributed by atoms with Crippen molar-refractivity contribution >= 4 is 17.5 Å². The summed E-state index contributed by atoms with van der Waals surface area (Å²) in [6, 6.07) is 11.0. The Labute approximate surface area is 205 Å². The van der Waals surface area contributed by atoms with Crippen molar-refractivity contribution in [2.75, 3.05) is 13.2 Å². The second-order valence-corrected chi connectivity index (χ2v) is 9.27. The maximum Gasteiger partial charge on any atom is 0.273 e. The molecule has 0 aliphatic carbocycles. The van der Waals surface area contributed by atoms with Crippen molar-refractivity contribution in [3.8, 4) is 22.8 Å². The summed E-state index contributed by atoms with van der Waals surface area (Å²) in [5.41, 5.74) is 4.01. The number of phenolic OH excluding ortho intramolecular Hbond substituents is 1. The van der Waals surface area contributed by atoms with Gasteiger partial charge < -0.3 is 14.7 Å². The second-order valence-electron chi connectivity index (χ2n) is 8.86. The molecule has 0 saturated heterocycles. The van der Waals surface area contributed by atoms with Crippen molar-refractivity contribution in [3.05, 3.63) is 63.8 Å². The van der Waals surface area contributed by atoms with Crippen LogP contribution < -0.4 is 4.74 Å². The van der Waals surface area contributed by atoms with Crippen molar-refractivity contribution in [2.45, 2.75) is 58.9 Å². The molecule has 2 N–H and O–H groups in total. The molecule has 0 saturated carbocycles. The summed E-state index contributed by atoms with van der Waals surface area (Å²) >= 11 is 6.38. The highest BCUT2D eigenvalue weighted by Gasteiger charge is 2.42. The number of amides is 1. The first-order chi connectivity index (χ1) is 16.5. The molecule has 1 amide bonds. The van der Waals surface area contributed by atoms with Gasteiger partial charge >= 0.3 is 0 Å². The number of aromatic nitrogens is 2. The molecule has 1 aliphatic rings. The minimum absolute atomic E-state index is 0.0841. The lowest BCUT2D eigenvalue weighted by molar-refractivity contribution is 0.0741. The van der Waals surface area contributed by atoms with Gasteiger partial charge in [-0.2, -0.15) is 5.10 Å². The van der Waals surface area contributed by atoms with Gasteiger partial charge in [0.05, 0.1) is 12.6 Å². The largest absolute Gasteiger partial charge is 0.507 e. The number of nitrogens with one attached hydrogen (secondary N) is 1. The second kappa shape index (κ2) is 10.5. The summed E-state index contributed by atoms with van der Waals surface area (Å²) in [4.78, 5) is 15.3. The van der Waals surface area contributed by atoms with Gasteiger partial charge in [0.1, 0.15) is 22.9 Å². The fraction of sp³-hybridized carbons (Fsp3) is 0.407. The molecule has 3 aromatic rings. The molecule has 180 valence electrons. The van der Waals surface area contributed by atoms with E-state index in [2.05, 4.69) is 24.0 Å². The molecule has 1 aromatic heterocycles. The monoisotopic (exact) mass is 481 g/mol. The summed E-state index contributed by atoms with van der Waals surface area (Å²) in [6.45, 7) is 7.41. The summed E-state index contributed by atoms with van der Waals surface area (Å²) in [5.74, 6) is 0.790. The van der Waals surface area contributed by atoms with Crippen molar-refractivity contribution in [1.29, 1.82) is 0 Å². The number of benzene rings is 2. The van der Waals surface area contributed by atoms with E-state index >= 15 is 0 Å². The Morgan fingerprint density at radius 1 is 1.15 bits per heavy atom. The van der Waals surface area contributed by atoms with Crippen LogP contribution in [0.2, 0.25) is 5.02 Å². The lowest BCUT2D eigenvalue weighted by Gasteiger charge is -2.26. The molecule has 0 radical (unpaired) electrons. The van der Waals surface area contributed by atoms with Gasteiger partial charge in [0.25, 0.3) is 5.91 Å². The smallest absolute Gasteiger partial charge is 0.273 e. The van der Waals surface area contributed by atoms with Crippen LogP contribution in [0.1, 0.15) is 79.2 Å². The molecule has 2 aromatic carbocycles. The number of aromatic hydroxyl groups is 1. The Bertz CT molecular complexity index is 1170. The van der Waals surface area contributed by atoms with Crippen molar-refractivity contribution in [3.63, 3.8) is 0 Å². The van der Waals surface area contributed by atoms with E-state index in [-0.39, 0.29) is 17.7 Å². The van der Waals surface area contributed by atoms with E-state index in [4.69, 9.17) is 16.3 Å². The SMILES string of the molecule is CCCCCOc1cccc(C2c3c(-c4cc(Cl)c(C)cc4O)n[nH]c3C(=O)N2CCCC)c1. The molecule has 6 nitrogen and oxygen atoms in total. The van der Waals surface area contributed by atoms with Gasteiger partial charge in [0.15, 0.2) is 0 Å². The standard InChI is InChI=1S/C27H32ClN3O3/c1-4-6-8-13-34-19-11-9-10-18(15-19)26-23-24(20-16-21(28)17(3)14-22(20)32)29-30-25(23)27(33)31(26)12-7-5-2/h9-11,14-16,26,32H,4-8,12-13H2,1-3H3,(H,29,30). The number of nitrogens with zero attached hydrogens (tertiary/aromatic N) is 2. The van der Waals surface area contributed by atoms with Crippen LogP contribution in [0.3, 0.4) is 0 Å². The highest BCUT2D eigenvalue weighted by molar-refractivity contribution is 6.31. The number of fused-ring (bicyclic) bond motifs is 1. The fourth-order valence-corrected chi connectivity index (χ4v) is 4.64. The lowest BCUT2D eigenvalue weighted by Crippen LogP contribution is -2.30. The molecule has 0 fully saturated rings. The van der Waals surface area contributed by atoms with Gasteiger partial charge in [-0.3, -0.25) is 9.89 Å². The summed E-state index contributed by atoms with van der Waals surface area (Å²) in [6.07, 6.45) is 5.15. The number of rotatable bonds is 10. The number of hydrogen-bond acceptors (Lipinski definition) is 4. The van der Waals surface area contributed by atoms with Gasteiger partial charge in [0, 0.05) is 22.7 Å². The van der Waals surface area contributed by atoms with E-state index in [1.54, 1.807) is 12.1 Å². The van der Waals surface area contributed by atoms with Crippen LogP contribution in [0.5, 0.6) is 11.5 Å². The van der Waals surface area contributed by atoms with E-state index in [1.807, 2.05) is 36.1 Å². The van der Waals surface area contributed by atoms with Crippen LogP contribution in [0.15, 0.2) is 36.4 Å². The summed E-state index contributed by atoms with van der Waals surface area (Å²) < 4.78 is 6.00. The van der Waals surface area contributed by atoms with Crippen LogP contribution in [0.4, 0.5) is 0 Å². The van der Waals surface area contributed by atoms with E-state index in [0.29, 0.717) is 35.1 Å². The topological polar surface area (TPSA) is 78.5 Å². The highest BCUT2D eigenvalue weighted by atomic mass is 35.5. The third-order valence-corrected chi connectivity index (χ3v) is 6.75. The molecular formula is C27H32ClN3O3. The van der Waals surface area contributed by atoms with Crippen molar-refractivity contribution in [2.24, 2.45) is 0 Å². The molecule has 1 aliphatic heterocycles. The van der Waals surface area contributed by atoms with Crippen LogP contribution in [-0.2, 0) is 0 Å². The van der Waals surface area contributed by atoms with E-state index in [9.17, 15) is 9.90 Å². The van der Waals surface area contributed by atoms with Crippen LogP contribution in [-0.4, -0.2) is 39.3 Å². The van der Waals surface area contributed by atoms with E-state index in [0.717, 1.165) is 54.5 Å². The highest BCUT2D eigenvalue weighted by Crippen LogP contribution is 2.45. The number of ether oxygens (including phenoxy) is 1. The number of aryl methyl sites for hydroxylation is 1. The first kappa shape index (κ1) is 24.1. The molecular weight excluding hydrogens is 450 g/mol. The fourth-order valence-electron chi connectivity index (χ4n) is 4.48. The zero-order valence-electron chi connectivity index (χ0n) is 20.0. The molecule has 2 heterocycles. The first-order valence-electron chi connectivity index (χ1n) is 12.1. The molecule has 1 unspecified atom stereocenters. The number of halogens is 1. The maximum atomic E-state index is 13.4. The number of carbonyl (C=O) groups excluding carboxylic acids is 1. The number of phenols is 1. The van der Waals surface area contributed by atoms with Gasteiger partial charge in [-0.25, -0.2) is 0 Å². The molecule has 34 heavy (non-hydrogen) atoms. The van der Waals surface area contributed by atoms with E-state index in [1.165, 1.54) is 0 Å². The zero-order valence-corrected chi connectivity index (χ0v) is 20.8. The average Bonchev–Trinajstić information content (AvgIpc) is 3.36. The lowest BCUT2D eigenvalue weighted by atomic mass is 9.95. The van der Waals surface area contributed by atoms with E-state index < -0.39 is 0 Å². The number of hydrogen-bond donors (Lipinski definition) is 2. The predicted octanol–water partition coefficient (Wildman–Crippen LogP) is 6.66. The third kappa shape index (κ3) is 4.64. The minimum atomic E-state index is -0.332. The van der Waals surface area contributed by atoms with Crippen molar-refractivity contribution in [1.82, 2.24) is 15.1 Å². The number of aromatic amines is 1. The van der Waals surface area contributed by atoms with Gasteiger partial charge in [-0.15, -0.1) is 0 Å². The van der Waals surface area contributed by atoms with Gasteiger partial charge in [-0.1, -0.05) is 56.8 Å². The Balaban J connectivity index is 1.77. The molecule has 1 atom stereocenters. The third-order valence-electron chi connectivity index (χ3n) is 6.34. The average molecular weight is 482 g/mol. The van der Waals surface area contributed by atoms with Gasteiger partial charge in [0.2, 0.25) is 0 Å². The zero-order chi connectivity index (χ0) is 24.2. The Kier molecular flexibility index (Phi) is 7.47. The Morgan fingerprint density at radius 2 is 1.94 bits per heavy atom. The minimum Gasteiger partial charge on any atom is -0.507 e. The number of unbranched alkanes of at least 4 members (excludes halogenated alkanes) is 3.